The molecule has 4 N–H and O–H groups in total. The van der Waals surface area contributed by atoms with E-state index in [1.54, 1.807) is 24.3 Å². The van der Waals surface area contributed by atoms with Gasteiger partial charge in [-0.25, -0.2) is 4.79 Å². The summed E-state index contributed by atoms with van der Waals surface area (Å²) >= 11 is 0. The van der Waals surface area contributed by atoms with E-state index in [4.69, 9.17) is 5.73 Å². The summed E-state index contributed by atoms with van der Waals surface area (Å²) in [5.41, 5.74) is 9.11. The fourth-order valence-electron chi connectivity index (χ4n) is 2.12. The van der Waals surface area contributed by atoms with E-state index in [1.807, 2.05) is 24.6 Å². The quantitative estimate of drug-likeness (QED) is 0.582. The first kappa shape index (κ1) is 14.9. The fraction of sp³-hybridized carbons (Fsp3) is 0.333. The van der Waals surface area contributed by atoms with Crippen molar-refractivity contribution in [2.45, 2.75) is 26.8 Å². The Morgan fingerprint density at radius 1 is 1.33 bits per heavy atom. The van der Waals surface area contributed by atoms with Crippen molar-refractivity contribution in [2.24, 2.45) is 0 Å². The van der Waals surface area contributed by atoms with Gasteiger partial charge in [-0.2, -0.15) is 5.10 Å². The molecule has 1 heterocycles. The Kier molecular flexibility index (Phi) is 4.81. The molecule has 0 aliphatic heterocycles. The van der Waals surface area contributed by atoms with Gasteiger partial charge in [-0.15, -0.1) is 0 Å². The molecule has 112 valence electrons. The van der Waals surface area contributed by atoms with Crippen molar-refractivity contribution < 1.29 is 4.79 Å². The third-order valence-corrected chi connectivity index (χ3v) is 3.08. The lowest BCUT2D eigenvalue weighted by Crippen LogP contribution is -2.30. The molecule has 0 aliphatic carbocycles. The second-order valence-corrected chi connectivity index (χ2v) is 5.01. The highest BCUT2D eigenvalue weighted by atomic mass is 16.2. The van der Waals surface area contributed by atoms with E-state index in [0.717, 1.165) is 24.4 Å². The standard InChI is InChI=1S/C15H21N5O/c1-11-9-12(2)20(19-11)8-4-7-17-15(21)18-14-6-3-5-13(16)10-14/h3,5-6,9-10H,4,7-8,16H2,1-2H3,(H2,17,18,21). The van der Waals surface area contributed by atoms with Crippen LogP contribution in [0.3, 0.4) is 0 Å². The zero-order valence-electron chi connectivity index (χ0n) is 12.4. The molecular weight excluding hydrogens is 266 g/mol. The maximum absolute atomic E-state index is 11.7. The lowest BCUT2D eigenvalue weighted by Gasteiger charge is -2.08. The van der Waals surface area contributed by atoms with Gasteiger partial charge in [0.25, 0.3) is 0 Å². The molecule has 0 bridgehead atoms. The summed E-state index contributed by atoms with van der Waals surface area (Å²) in [4.78, 5) is 11.7. The predicted molar refractivity (Wildman–Crippen MR) is 84.2 cm³/mol. The second kappa shape index (κ2) is 6.78. The van der Waals surface area contributed by atoms with Gasteiger partial charge in [0.15, 0.2) is 0 Å². The molecule has 6 nitrogen and oxygen atoms in total. The van der Waals surface area contributed by atoms with Crippen molar-refractivity contribution in [1.29, 1.82) is 0 Å². The number of amides is 2. The first-order valence-corrected chi connectivity index (χ1v) is 6.96. The van der Waals surface area contributed by atoms with E-state index < -0.39 is 0 Å². The summed E-state index contributed by atoms with van der Waals surface area (Å²) in [7, 11) is 0. The SMILES string of the molecule is Cc1cc(C)n(CCCNC(=O)Nc2cccc(N)c2)n1. The second-order valence-electron chi connectivity index (χ2n) is 5.01. The van der Waals surface area contributed by atoms with Crippen LogP contribution in [-0.2, 0) is 6.54 Å². The molecule has 0 unspecified atom stereocenters. The average molecular weight is 287 g/mol. The number of anilines is 2. The number of hydrogen-bond acceptors (Lipinski definition) is 3. The molecule has 6 heteroatoms. The number of nitrogen functional groups attached to an aromatic ring is 1. The van der Waals surface area contributed by atoms with Gasteiger partial charge in [0.2, 0.25) is 0 Å². The van der Waals surface area contributed by atoms with Gasteiger partial charge in [-0.05, 0) is 44.5 Å². The summed E-state index contributed by atoms with van der Waals surface area (Å²) in [5.74, 6) is 0. The van der Waals surface area contributed by atoms with Crippen LogP contribution in [0.15, 0.2) is 30.3 Å². The number of nitrogens with zero attached hydrogens (tertiary/aromatic N) is 2. The molecule has 0 saturated carbocycles. The van der Waals surface area contributed by atoms with Crippen molar-refractivity contribution in [1.82, 2.24) is 15.1 Å². The number of hydrogen-bond donors (Lipinski definition) is 3. The lowest BCUT2D eigenvalue weighted by atomic mass is 10.3. The highest BCUT2D eigenvalue weighted by molar-refractivity contribution is 5.89. The number of aromatic nitrogens is 2. The molecule has 2 rings (SSSR count). The van der Waals surface area contributed by atoms with Crippen LogP contribution < -0.4 is 16.4 Å². The van der Waals surface area contributed by atoms with Gasteiger partial charge in [-0.1, -0.05) is 6.07 Å². The number of carbonyl (C=O) groups is 1. The van der Waals surface area contributed by atoms with Crippen LogP contribution in [-0.4, -0.2) is 22.4 Å². The first-order chi connectivity index (χ1) is 10.0. The molecule has 0 saturated heterocycles. The average Bonchev–Trinajstić information content (AvgIpc) is 2.73. The first-order valence-electron chi connectivity index (χ1n) is 6.96. The Bertz CT molecular complexity index is 620. The summed E-state index contributed by atoms with van der Waals surface area (Å²) in [6, 6.07) is 8.90. The highest BCUT2D eigenvalue weighted by Gasteiger charge is 2.03. The monoisotopic (exact) mass is 287 g/mol. The van der Waals surface area contributed by atoms with Gasteiger partial charge in [0, 0.05) is 30.2 Å². The van der Waals surface area contributed by atoms with E-state index >= 15 is 0 Å². The van der Waals surface area contributed by atoms with Crippen LogP contribution in [0.2, 0.25) is 0 Å². The number of aryl methyl sites for hydroxylation is 3. The molecule has 0 spiro atoms. The fourth-order valence-corrected chi connectivity index (χ4v) is 2.12. The van der Waals surface area contributed by atoms with E-state index in [0.29, 0.717) is 17.9 Å². The van der Waals surface area contributed by atoms with E-state index in [1.165, 1.54) is 0 Å². The Morgan fingerprint density at radius 3 is 2.81 bits per heavy atom. The molecule has 2 aromatic rings. The van der Waals surface area contributed by atoms with Gasteiger partial charge in [-0.3, -0.25) is 4.68 Å². The molecular formula is C15H21N5O. The smallest absolute Gasteiger partial charge is 0.319 e. The Morgan fingerprint density at radius 2 is 2.14 bits per heavy atom. The van der Waals surface area contributed by atoms with Crippen LogP contribution in [0.4, 0.5) is 16.2 Å². The van der Waals surface area contributed by atoms with Gasteiger partial charge >= 0.3 is 6.03 Å². The minimum atomic E-state index is -0.228. The molecule has 1 aromatic heterocycles. The van der Waals surface area contributed by atoms with E-state index in [9.17, 15) is 4.79 Å². The van der Waals surface area contributed by atoms with Crippen molar-refractivity contribution in [3.63, 3.8) is 0 Å². The number of nitrogens with one attached hydrogen (secondary N) is 2. The lowest BCUT2D eigenvalue weighted by molar-refractivity contribution is 0.251. The third-order valence-electron chi connectivity index (χ3n) is 3.08. The minimum absolute atomic E-state index is 0.228. The van der Waals surface area contributed by atoms with Crippen molar-refractivity contribution in [3.05, 3.63) is 41.7 Å². The molecule has 0 fully saturated rings. The zero-order valence-corrected chi connectivity index (χ0v) is 12.4. The maximum Gasteiger partial charge on any atom is 0.319 e. The van der Waals surface area contributed by atoms with E-state index in [-0.39, 0.29) is 6.03 Å². The molecule has 0 radical (unpaired) electrons. The number of rotatable bonds is 5. The summed E-state index contributed by atoms with van der Waals surface area (Å²) in [6.45, 7) is 5.38. The highest BCUT2D eigenvalue weighted by Crippen LogP contribution is 2.11. The van der Waals surface area contributed by atoms with Crippen LogP contribution in [0.1, 0.15) is 17.8 Å². The van der Waals surface area contributed by atoms with Crippen LogP contribution in [0.25, 0.3) is 0 Å². The van der Waals surface area contributed by atoms with Crippen LogP contribution >= 0.6 is 0 Å². The Hall–Kier alpha value is -2.50. The van der Waals surface area contributed by atoms with Crippen molar-refractivity contribution in [2.75, 3.05) is 17.6 Å². The summed E-state index contributed by atoms with van der Waals surface area (Å²) < 4.78 is 1.95. The number of nitrogens with two attached hydrogens (primary N) is 1. The Balaban J connectivity index is 1.71. The molecule has 0 atom stereocenters. The van der Waals surface area contributed by atoms with Crippen LogP contribution in [0, 0.1) is 13.8 Å². The van der Waals surface area contributed by atoms with E-state index in [2.05, 4.69) is 15.7 Å². The molecule has 21 heavy (non-hydrogen) atoms. The van der Waals surface area contributed by atoms with Crippen LogP contribution in [0.5, 0.6) is 0 Å². The third kappa shape index (κ3) is 4.52. The zero-order chi connectivity index (χ0) is 15.2. The van der Waals surface area contributed by atoms with Gasteiger partial charge in [0.05, 0.1) is 5.69 Å². The molecule has 1 aromatic carbocycles. The Labute approximate surface area is 124 Å². The summed E-state index contributed by atoms with van der Waals surface area (Å²) in [5, 5.41) is 9.94. The van der Waals surface area contributed by atoms with Crippen molar-refractivity contribution in [3.8, 4) is 0 Å². The number of urea groups is 1. The summed E-state index contributed by atoms with van der Waals surface area (Å²) in [6.07, 6.45) is 0.826. The predicted octanol–water partition coefficient (Wildman–Crippen LogP) is 2.29. The topological polar surface area (TPSA) is 85.0 Å². The molecule has 2 amide bonds. The van der Waals surface area contributed by atoms with Crippen molar-refractivity contribution >= 4 is 17.4 Å². The maximum atomic E-state index is 11.7. The normalized spacial score (nSPS) is 10.4. The van der Waals surface area contributed by atoms with Gasteiger partial charge < -0.3 is 16.4 Å². The minimum Gasteiger partial charge on any atom is -0.399 e. The van der Waals surface area contributed by atoms with Gasteiger partial charge in [0.1, 0.15) is 0 Å². The largest absolute Gasteiger partial charge is 0.399 e. The molecule has 0 aliphatic rings. The number of benzene rings is 1. The number of carbonyl (C=O) groups excluding carboxylic acids is 1.